The highest BCUT2D eigenvalue weighted by molar-refractivity contribution is 7.99. The number of methoxy groups -OCH3 is 1. The molecular formula is C14H20N2OS. The zero-order chi connectivity index (χ0) is 13.2. The molecular weight excluding hydrogens is 244 g/mol. The second kappa shape index (κ2) is 8.84. The molecule has 4 heteroatoms. The second-order valence-corrected chi connectivity index (χ2v) is 5.27. The number of benzene rings is 1. The molecule has 1 aromatic rings. The standard InChI is InChI=1S/C14H20N2OS/c1-3-18-8-4-7-16-11-12-5-6-13(10-15)14(9-12)17-2/h5-6,9,16H,3-4,7-8,11H2,1-2H3. The van der Waals surface area contributed by atoms with E-state index in [1.807, 2.05) is 30.0 Å². The second-order valence-electron chi connectivity index (χ2n) is 3.87. The molecule has 0 amide bonds. The van der Waals surface area contributed by atoms with Crippen LogP contribution in [-0.4, -0.2) is 25.2 Å². The van der Waals surface area contributed by atoms with E-state index in [1.165, 1.54) is 17.9 Å². The first-order valence-corrected chi connectivity index (χ1v) is 7.32. The number of ether oxygens (including phenoxy) is 1. The predicted molar refractivity (Wildman–Crippen MR) is 77.0 cm³/mol. The van der Waals surface area contributed by atoms with E-state index < -0.39 is 0 Å². The number of hydrogen-bond donors (Lipinski definition) is 1. The first-order chi connectivity index (χ1) is 8.81. The van der Waals surface area contributed by atoms with Gasteiger partial charge in [-0.25, -0.2) is 0 Å². The Balaban J connectivity index is 2.37. The van der Waals surface area contributed by atoms with E-state index in [1.54, 1.807) is 7.11 Å². The molecule has 0 bridgehead atoms. The summed E-state index contributed by atoms with van der Waals surface area (Å²) < 4.78 is 5.18. The Labute approximate surface area is 114 Å². The van der Waals surface area contributed by atoms with Gasteiger partial charge in [0.25, 0.3) is 0 Å². The molecule has 1 N–H and O–H groups in total. The van der Waals surface area contributed by atoms with Gasteiger partial charge in [-0.15, -0.1) is 0 Å². The zero-order valence-electron chi connectivity index (χ0n) is 11.0. The Kier molecular flexibility index (Phi) is 7.31. The summed E-state index contributed by atoms with van der Waals surface area (Å²) in [6.07, 6.45) is 1.19. The molecule has 0 saturated carbocycles. The quantitative estimate of drug-likeness (QED) is 0.733. The Hall–Kier alpha value is -1.18. The molecule has 1 rings (SSSR count). The zero-order valence-corrected chi connectivity index (χ0v) is 11.8. The minimum atomic E-state index is 0.584. The maximum atomic E-state index is 8.89. The van der Waals surface area contributed by atoms with Gasteiger partial charge >= 0.3 is 0 Å². The van der Waals surface area contributed by atoms with Crippen LogP contribution in [0.3, 0.4) is 0 Å². The van der Waals surface area contributed by atoms with Crippen molar-refractivity contribution in [2.45, 2.75) is 19.9 Å². The fraction of sp³-hybridized carbons (Fsp3) is 0.500. The van der Waals surface area contributed by atoms with Crippen LogP contribution in [0.5, 0.6) is 5.75 Å². The van der Waals surface area contributed by atoms with E-state index in [0.717, 1.165) is 18.7 Å². The minimum absolute atomic E-state index is 0.584. The number of nitriles is 1. The molecule has 0 aliphatic rings. The number of hydrogen-bond acceptors (Lipinski definition) is 4. The minimum Gasteiger partial charge on any atom is -0.495 e. The van der Waals surface area contributed by atoms with E-state index in [0.29, 0.717) is 11.3 Å². The number of nitrogens with one attached hydrogen (secondary N) is 1. The van der Waals surface area contributed by atoms with Crippen LogP contribution in [0, 0.1) is 11.3 Å². The average molecular weight is 264 g/mol. The summed E-state index contributed by atoms with van der Waals surface area (Å²) in [6, 6.07) is 7.81. The largest absolute Gasteiger partial charge is 0.495 e. The van der Waals surface area contributed by atoms with Crippen molar-refractivity contribution < 1.29 is 4.74 Å². The van der Waals surface area contributed by atoms with Crippen molar-refractivity contribution in [1.29, 1.82) is 5.26 Å². The lowest BCUT2D eigenvalue weighted by atomic mass is 10.1. The third kappa shape index (κ3) is 4.99. The van der Waals surface area contributed by atoms with Crippen LogP contribution in [0.2, 0.25) is 0 Å². The topological polar surface area (TPSA) is 45.0 Å². The van der Waals surface area contributed by atoms with Gasteiger partial charge in [-0.05, 0) is 42.2 Å². The highest BCUT2D eigenvalue weighted by atomic mass is 32.2. The molecule has 0 aliphatic carbocycles. The summed E-state index contributed by atoms with van der Waals surface area (Å²) in [5, 5.41) is 12.3. The van der Waals surface area contributed by atoms with Crippen molar-refractivity contribution in [3.63, 3.8) is 0 Å². The lowest BCUT2D eigenvalue weighted by Gasteiger charge is -2.07. The first-order valence-electron chi connectivity index (χ1n) is 6.17. The van der Waals surface area contributed by atoms with Crippen molar-refractivity contribution >= 4 is 11.8 Å². The van der Waals surface area contributed by atoms with E-state index in [2.05, 4.69) is 18.3 Å². The van der Waals surface area contributed by atoms with Crippen LogP contribution in [0.1, 0.15) is 24.5 Å². The molecule has 0 saturated heterocycles. The summed E-state index contributed by atoms with van der Waals surface area (Å²) in [6.45, 7) is 4.02. The predicted octanol–water partition coefficient (Wildman–Crippen LogP) is 2.80. The molecule has 18 heavy (non-hydrogen) atoms. The van der Waals surface area contributed by atoms with Crippen LogP contribution < -0.4 is 10.1 Å². The van der Waals surface area contributed by atoms with Gasteiger partial charge in [0.1, 0.15) is 11.8 Å². The van der Waals surface area contributed by atoms with Crippen LogP contribution in [-0.2, 0) is 6.54 Å². The van der Waals surface area contributed by atoms with Gasteiger partial charge in [0, 0.05) is 6.54 Å². The summed E-state index contributed by atoms with van der Waals surface area (Å²) in [7, 11) is 1.59. The van der Waals surface area contributed by atoms with E-state index >= 15 is 0 Å². The highest BCUT2D eigenvalue weighted by Gasteiger charge is 2.03. The van der Waals surface area contributed by atoms with Gasteiger partial charge in [0.15, 0.2) is 0 Å². The lowest BCUT2D eigenvalue weighted by molar-refractivity contribution is 0.412. The van der Waals surface area contributed by atoms with E-state index in [4.69, 9.17) is 10.00 Å². The monoisotopic (exact) mass is 264 g/mol. The maximum Gasteiger partial charge on any atom is 0.136 e. The number of rotatable bonds is 8. The molecule has 1 aromatic carbocycles. The lowest BCUT2D eigenvalue weighted by Crippen LogP contribution is -2.15. The van der Waals surface area contributed by atoms with E-state index in [9.17, 15) is 0 Å². The number of nitrogens with zero attached hydrogens (tertiary/aromatic N) is 1. The van der Waals surface area contributed by atoms with Crippen molar-refractivity contribution in [3.05, 3.63) is 29.3 Å². The molecule has 3 nitrogen and oxygen atoms in total. The van der Waals surface area contributed by atoms with Crippen molar-refractivity contribution in [3.8, 4) is 11.8 Å². The fourth-order valence-corrected chi connectivity index (χ4v) is 2.25. The summed E-state index contributed by atoms with van der Waals surface area (Å²) in [5.74, 6) is 3.05. The highest BCUT2D eigenvalue weighted by Crippen LogP contribution is 2.19. The smallest absolute Gasteiger partial charge is 0.136 e. The van der Waals surface area contributed by atoms with Gasteiger partial charge in [-0.2, -0.15) is 17.0 Å². The maximum absolute atomic E-state index is 8.89. The molecule has 0 aromatic heterocycles. The molecule has 0 spiro atoms. The van der Waals surface area contributed by atoms with Gasteiger partial charge in [-0.3, -0.25) is 0 Å². The molecule has 0 heterocycles. The van der Waals surface area contributed by atoms with Crippen molar-refractivity contribution in [1.82, 2.24) is 5.32 Å². The Morgan fingerprint density at radius 3 is 2.94 bits per heavy atom. The first kappa shape index (κ1) is 14.9. The van der Waals surface area contributed by atoms with Gasteiger partial charge < -0.3 is 10.1 Å². The molecule has 0 unspecified atom stereocenters. The molecule has 0 atom stereocenters. The SMILES string of the molecule is CCSCCCNCc1ccc(C#N)c(OC)c1. The fourth-order valence-electron chi connectivity index (χ4n) is 1.61. The number of thioether (sulfide) groups is 1. The van der Waals surface area contributed by atoms with Crippen LogP contribution in [0.25, 0.3) is 0 Å². The summed E-state index contributed by atoms with van der Waals surface area (Å²) >= 11 is 1.97. The molecule has 0 aliphatic heterocycles. The van der Waals surface area contributed by atoms with Gasteiger partial charge in [-0.1, -0.05) is 13.0 Å². The summed E-state index contributed by atoms with van der Waals surface area (Å²) in [5.41, 5.74) is 1.73. The normalized spacial score (nSPS) is 10.1. The van der Waals surface area contributed by atoms with Gasteiger partial charge in [0.2, 0.25) is 0 Å². The van der Waals surface area contributed by atoms with Crippen LogP contribution >= 0.6 is 11.8 Å². The average Bonchev–Trinajstić information content (AvgIpc) is 2.42. The van der Waals surface area contributed by atoms with Gasteiger partial charge in [0.05, 0.1) is 12.7 Å². The molecule has 0 fully saturated rings. The van der Waals surface area contributed by atoms with Crippen LogP contribution in [0.4, 0.5) is 0 Å². The van der Waals surface area contributed by atoms with Crippen LogP contribution in [0.15, 0.2) is 18.2 Å². The Morgan fingerprint density at radius 2 is 2.28 bits per heavy atom. The van der Waals surface area contributed by atoms with E-state index in [-0.39, 0.29) is 0 Å². The third-order valence-corrected chi connectivity index (χ3v) is 3.55. The van der Waals surface area contributed by atoms with Crippen molar-refractivity contribution in [2.24, 2.45) is 0 Å². The third-order valence-electron chi connectivity index (χ3n) is 2.56. The molecule has 0 radical (unpaired) electrons. The Bertz CT molecular complexity index is 401. The van der Waals surface area contributed by atoms with Crippen molar-refractivity contribution in [2.75, 3.05) is 25.2 Å². The summed E-state index contributed by atoms with van der Waals surface area (Å²) in [4.78, 5) is 0. The molecule has 98 valence electrons. The Morgan fingerprint density at radius 1 is 1.44 bits per heavy atom.